The first-order chi connectivity index (χ1) is 7.27. The molecule has 0 aromatic carbocycles. The summed E-state index contributed by atoms with van der Waals surface area (Å²) in [5.41, 5.74) is 0. The molecular weight excluding hydrogens is 190 g/mol. The summed E-state index contributed by atoms with van der Waals surface area (Å²) in [6.07, 6.45) is 5.01. The number of nitrogens with zero attached hydrogens (tertiary/aromatic N) is 1. The van der Waals surface area contributed by atoms with E-state index in [1.165, 1.54) is 19.3 Å². The lowest BCUT2D eigenvalue weighted by Crippen LogP contribution is -2.43. The van der Waals surface area contributed by atoms with Crippen LogP contribution in [0.1, 0.15) is 32.1 Å². The van der Waals surface area contributed by atoms with Crippen molar-refractivity contribution in [3.05, 3.63) is 0 Å². The summed E-state index contributed by atoms with van der Waals surface area (Å²) in [4.78, 5) is 14.2. The molecule has 0 aromatic rings. The van der Waals surface area contributed by atoms with Gasteiger partial charge in [0, 0.05) is 24.3 Å². The van der Waals surface area contributed by atoms with Crippen LogP contribution in [0, 0.1) is 11.8 Å². The third-order valence-corrected chi connectivity index (χ3v) is 4.50. The second-order valence-corrected chi connectivity index (χ2v) is 5.33. The number of fused-ring (bicyclic) bond motifs is 2. The number of carbonyl (C=O) groups excluding carboxylic acids is 1. The molecular formula is C12H19NO2. The molecule has 3 aliphatic rings. The van der Waals surface area contributed by atoms with Gasteiger partial charge in [-0.15, -0.1) is 0 Å². The van der Waals surface area contributed by atoms with Gasteiger partial charge in [-0.2, -0.15) is 0 Å². The van der Waals surface area contributed by atoms with Gasteiger partial charge in [-0.3, -0.25) is 9.69 Å². The number of likely N-dealkylation sites (tertiary alicyclic amines) is 1. The van der Waals surface area contributed by atoms with Crippen LogP contribution in [0.15, 0.2) is 0 Å². The normalized spacial score (nSPS) is 46.3. The van der Waals surface area contributed by atoms with E-state index in [0.717, 1.165) is 19.5 Å². The highest BCUT2D eigenvalue weighted by Gasteiger charge is 2.54. The standard InChI is InChI=1S/C12H19NO2/c14-10-6-8-11(15)7-9(10)12(8)13-4-2-1-3-5-13/h8-10,12,14H,1-7H2. The smallest absolute Gasteiger partial charge is 0.138 e. The van der Waals surface area contributed by atoms with E-state index in [4.69, 9.17) is 0 Å². The van der Waals surface area contributed by atoms with Crippen LogP contribution in [-0.2, 0) is 4.79 Å². The Bertz CT molecular complexity index is 273. The predicted octanol–water partition coefficient (Wildman–Crippen LogP) is 0.811. The molecule has 2 bridgehead atoms. The Morgan fingerprint density at radius 1 is 1.20 bits per heavy atom. The highest BCUT2D eigenvalue weighted by molar-refractivity contribution is 5.86. The summed E-state index contributed by atoms with van der Waals surface area (Å²) in [6, 6.07) is 0.382. The largest absolute Gasteiger partial charge is 0.393 e. The van der Waals surface area contributed by atoms with Gasteiger partial charge in [-0.1, -0.05) is 6.42 Å². The number of ketones is 1. The predicted molar refractivity (Wildman–Crippen MR) is 56.4 cm³/mol. The van der Waals surface area contributed by atoms with Gasteiger partial charge in [0.1, 0.15) is 5.78 Å². The summed E-state index contributed by atoms with van der Waals surface area (Å²) in [6.45, 7) is 2.27. The van der Waals surface area contributed by atoms with Gasteiger partial charge in [0.25, 0.3) is 0 Å². The molecule has 0 spiro atoms. The van der Waals surface area contributed by atoms with E-state index in [0.29, 0.717) is 18.2 Å². The molecule has 1 N–H and O–H groups in total. The second-order valence-electron chi connectivity index (χ2n) is 5.33. The van der Waals surface area contributed by atoms with Crippen LogP contribution in [0.5, 0.6) is 0 Å². The molecule has 0 radical (unpaired) electrons. The van der Waals surface area contributed by atoms with Gasteiger partial charge in [0.15, 0.2) is 0 Å². The van der Waals surface area contributed by atoms with Crippen molar-refractivity contribution in [2.45, 2.75) is 44.2 Å². The monoisotopic (exact) mass is 209 g/mol. The second kappa shape index (κ2) is 3.56. The number of aliphatic hydroxyl groups is 1. The molecule has 1 aliphatic heterocycles. The van der Waals surface area contributed by atoms with Crippen LogP contribution in [0.4, 0.5) is 0 Å². The minimum Gasteiger partial charge on any atom is -0.393 e. The molecule has 2 saturated carbocycles. The van der Waals surface area contributed by atoms with Crippen molar-refractivity contribution in [1.29, 1.82) is 0 Å². The van der Waals surface area contributed by atoms with E-state index in [1.54, 1.807) is 0 Å². The fourth-order valence-electron chi connectivity index (χ4n) is 3.80. The molecule has 3 rings (SSSR count). The maximum Gasteiger partial charge on any atom is 0.138 e. The zero-order valence-electron chi connectivity index (χ0n) is 9.06. The Hall–Kier alpha value is -0.410. The first-order valence-corrected chi connectivity index (χ1v) is 6.22. The summed E-state index contributed by atoms with van der Waals surface area (Å²) >= 11 is 0. The van der Waals surface area contributed by atoms with E-state index < -0.39 is 0 Å². The van der Waals surface area contributed by atoms with E-state index in [2.05, 4.69) is 4.90 Å². The first kappa shape index (κ1) is 9.79. The highest BCUT2D eigenvalue weighted by Crippen LogP contribution is 2.45. The molecule has 3 heteroatoms. The SMILES string of the molecule is O=C1CC2C(O)CC1C2N1CCCCC1. The summed E-state index contributed by atoms with van der Waals surface area (Å²) in [5, 5.41) is 9.86. The number of hydrogen-bond acceptors (Lipinski definition) is 3. The maximum absolute atomic E-state index is 11.7. The minimum absolute atomic E-state index is 0.156. The Morgan fingerprint density at radius 3 is 2.53 bits per heavy atom. The summed E-state index contributed by atoms with van der Waals surface area (Å²) in [7, 11) is 0. The van der Waals surface area contributed by atoms with Crippen LogP contribution in [0.25, 0.3) is 0 Å². The number of piperidine rings is 1. The lowest BCUT2D eigenvalue weighted by Gasteiger charge is -2.34. The molecule has 4 unspecified atom stereocenters. The van der Waals surface area contributed by atoms with Gasteiger partial charge in [-0.05, 0) is 32.4 Å². The number of aliphatic hydroxyl groups excluding tert-OH is 1. The highest BCUT2D eigenvalue weighted by atomic mass is 16.3. The van der Waals surface area contributed by atoms with Crippen molar-refractivity contribution in [3.8, 4) is 0 Å². The zero-order valence-corrected chi connectivity index (χ0v) is 9.06. The van der Waals surface area contributed by atoms with E-state index in [1.807, 2.05) is 0 Å². The van der Waals surface area contributed by atoms with Crippen LogP contribution < -0.4 is 0 Å². The lowest BCUT2D eigenvalue weighted by atomic mass is 9.97. The quantitative estimate of drug-likeness (QED) is 0.695. The topological polar surface area (TPSA) is 40.5 Å². The third kappa shape index (κ3) is 1.44. The molecule has 15 heavy (non-hydrogen) atoms. The number of Topliss-reactive ketones (excluding diaryl/α,β-unsaturated/α-hetero) is 1. The van der Waals surface area contributed by atoms with Gasteiger partial charge < -0.3 is 5.11 Å². The van der Waals surface area contributed by atoms with Gasteiger partial charge in [0.05, 0.1) is 6.10 Å². The average Bonchev–Trinajstić information content (AvgIpc) is 2.73. The molecule has 0 amide bonds. The maximum atomic E-state index is 11.7. The third-order valence-electron chi connectivity index (χ3n) is 4.50. The van der Waals surface area contributed by atoms with Crippen LogP contribution >= 0.6 is 0 Å². The van der Waals surface area contributed by atoms with E-state index >= 15 is 0 Å². The van der Waals surface area contributed by atoms with Crippen molar-refractivity contribution < 1.29 is 9.90 Å². The van der Waals surface area contributed by atoms with Crippen LogP contribution in [0.3, 0.4) is 0 Å². The van der Waals surface area contributed by atoms with E-state index in [-0.39, 0.29) is 17.9 Å². The number of carbonyl (C=O) groups is 1. The fraction of sp³-hybridized carbons (Fsp3) is 0.917. The van der Waals surface area contributed by atoms with Gasteiger partial charge >= 0.3 is 0 Å². The number of rotatable bonds is 1. The van der Waals surface area contributed by atoms with Crippen molar-refractivity contribution in [2.75, 3.05) is 13.1 Å². The Morgan fingerprint density at radius 2 is 1.93 bits per heavy atom. The van der Waals surface area contributed by atoms with Gasteiger partial charge in [0.2, 0.25) is 0 Å². The van der Waals surface area contributed by atoms with Crippen molar-refractivity contribution >= 4 is 5.78 Å². The van der Waals surface area contributed by atoms with Crippen LogP contribution in [-0.4, -0.2) is 41.0 Å². The molecule has 0 aromatic heterocycles. The van der Waals surface area contributed by atoms with E-state index in [9.17, 15) is 9.90 Å². The first-order valence-electron chi connectivity index (χ1n) is 6.22. The van der Waals surface area contributed by atoms with Crippen molar-refractivity contribution in [3.63, 3.8) is 0 Å². The summed E-state index contributed by atoms with van der Waals surface area (Å²) < 4.78 is 0. The molecule has 3 fully saturated rings. The molecule has 84 valence electrons. The van der Waals surface area contributed by atoms with Crippen molar-refractivity contribution in [1.82, 2.24) is 4.90 Å². The fourth-order valence-corrected chi connectivity index (χ4v) is 3.80. The van der Waals surface area contributed by atoms with Crippen molar-refractivity contribution in [2.24, 2.45) is 11.8 Å². The lowest BCUT2D eigenvalue weighted by molar-refractivity contribution is -0.123. The van der Waals surface area contributed by atoms with Crippen LogP contribution in [0.2, 0.25) is 0 Å². The molecule has 4 atom stereocenters. The molecule has 3 nitrogen and oxygen atoms in total. The van der Waals surface area contributed by atoms with Gasteiger partial charge in [-0.25, -0.2) is 0 Å². The minimum atomic E-state index is -0.209. The zero-order chi connectivity index (χ0) is 10.4. The Balaban J connectivity index is 1.78. The Labute approximate surface area is 90.5 Å². The average molecular weight is 209 g/mol. The molecule has 1 heterocycles. The Kier molecular flexibility index (Phi) is 2.33. The molecule has 1 saturated heterocycles. The summed E-state index contributed by atoms with van der Waals surface area (Å²) in [5.74, 6) is 0.810. The number of hydrogen-bond donors (Lipinski definition) is 1. The molecule has 2 aliphatic carbocycles.